The van der Waals surface area contributed by atoms with Crippen molar-refractivity contribution in [2.75, 3.05) is 6.61 Å². The molecular formula is C27H40F2N2O. The Bertz CT molecular complexity index is 752. The van der Waals surface area contributed by atoms with Crippen LogP contribution in [0.1, 0.15) is 96.5 Å². The Kier molecular flexibility index (Phi) is 12.9. The first-order valence-electron chi connectivity index (χ1n) is 12.5. The van der Waals surface area contributed by atoms with Crippen molar-refractivity contribution in [2.24, 2.45) is 0 Å². The number of unbranched alkanes of at least 4 members (excludes halogenated alkanes) is 8. The Hall–Kier alpha value is -2.04. The highest BCUT2D eigenvalue weighted by Gasteiger charge is 2.10. The molecule has 2 rings (SSSR count). The molecule has 1 unspecified atom stereocenters. The fourth-order valence-electron chi connectivity index (χ4n) is 3.72. The van der Waals surface area contributed by atoms with Gasteiger partial charge in [0, 0.05) is 24.4 Å². The van der Waals surface area contributed by atoms with Crippen LogP contribution in [0.4, 0.5) is 8.78 Å². The van der Waals surface area contributed by atoms with Crippen LogP contribution >= 0.6 is 0 Å². The second kappa shape index (κ2) is 15.7. The monoisotopic (exact) mass is 446 g/mol. The number of aromatic nitrogens is 2. The minimum Gasteiger partial charge on any atom is -0.490 e. The van der Waals surface area contributed by atoms with Crippen LogP contribution in [-0.2, 0) is 6.42 Å². The van der Waals surface area contributed by atoms with Crippen molar-refractivity contribution in [3.63, 3.8) is 0 Å². The van der Waals surface area contributed by atoms with Crippen LogP contribution in [0.2, 0.25) is 0 Å². The van der Waals surface area contributed by atoms with E-state index in [9.17, 15) is 8.78 Å². The van der Waals surface area contributed by atoms with Crippen LogP contribution < -0.4 is 4.74 Å². The standard InChI is InChI=1S/C27H40F2N2O/c1-3-5-7-8-9-10-11-12-13-22-20-30-27(31-21-22)23-15-16-26(25(29)19-23)32-18-17-24(28)14-6-4-2/h15-16,19-21,24H,3-14,17-18H2,1-2H3. The molecule has 0 aliphatic rings. The molecule has 0 aliphatic carbocycles. The molecule has 0 radical (unpaired) electrons. The van der Waals surface area contributed by atoms with Gasteiger partial charge in [0.2, 0.25) is 0 Å². The average Bonchev–Trinajstić information content (AvgIpc) is 2.81. The summed E-state index contributed by atoms with van der Waals surface area (Å²) >= 11 is 0. The molecule has 3 nitrogen and oxygen atoms in total. The summed E-state index contributed by atoms with van der Waals surface area (Å²) in [5.41, 5.74) is 1.73. The Labute approximate surface area is 193 Å². The van der Waals surface area contributed by atoms with Gasteiger partial charge < -0.3 is 4.74 Å². The van der Waals surface area contributed by atoms with E-state index in [1.54, 1.807) is 12.1 Å². The molecule has 32 heavy (non-hydrogen) atoms. The summed E-state index contributed by atoms with van der Waals surface area (Å²) in [4.78, 5) is 8.83. The molecule has 1 atom stereocenters. The number of hydrogen-bond donors (Lipinski definition) is 0. The van der Waals surface area contributed by atoms with Crippen LogP contribution in [0.15, 0.2) is 30.6 Å². The number of halogens is 2. The molecule has 1 aromatic carbocycles. The quantitative estimate of drug-likeness (QED) is 0.229. The van der Waals surface area contributed by atoms with Gasteiger partial charge in [-0.1, -0.05) is 71.6 Å². The van der Waals surface area contributed by atoms with Gasteiger partial charge >= 0.3 is 0 Å². The number of benzene rings is 1. The minimum absolute atomic E-state index is 0.141. The van der Waals surface area contributed by atoms with E-state index in [1.807, 2.05) is 19.3 Å². The molecule has 0 bridgehead atoms. The third-order valence-electron chi connectivity index (χ3n) is 5.77. The van der Waals surface area contributed by atoms with Crippen molar-refractivity contribution >= 4 is 0 Å². The van der Waals surface area contributed by atoms with Crippen molar-refractivity contribution in [1.82, 2.24) is 9.97 Å². The first-order valence-corrected chi connectivity index (χ1v) is 12.5. The first kappa shape index (κ1) is 26.2. The molecule has 0 spiro atoms. The van der Waals surface area contributed by atoms with E-state index in [0.29, 0.717) is 17.8 Å². The normalized spacial score (nSPS) is 12.1. The lowest BCUT2D eigenvalue weighted by molar-refractivity contribution is 0.218. The molecule has 1 heterocycles. The summed E-state index contributed by atoms with van der Waals surface area (Å²) in [7, 11) is 0. The Morgan fingerprint density at radius 3 is 2.16 bits per heavy atom. The number of aryl methyl sites for hydroxylation is 1. The van der Waals surface area contributed by atoms with Crippen molar-refractivity contribution < 1.29 is 13.5 Å². The van der Waals surface area contributed by atoms with Crippen molar-refractivity contribution in [3.8, 4) is 17.1 Å². The lowest BCUT2D eigenvalue weighted by Crippen LogP contribution is -2.08. The highest BCUT2D eigenvalue weighted by Crippen LogP contribution is 2.24. The lowest BCUT2D eigenvalue weighted by atomic mass is 10.1. The SMILES string of the molecule is CCCCCCCCCCc1cnc(-c2ccc(OCCC(F)CCCC)c(F)c2)nc1. The van der Waals surface area contributed by atoms with Gasteiger partial charge in [-0.2, -0.15) is 0 Å². The van der Waals surface area contributed by atoms with Crippen molar-refractivity contribution in [3.05, 3.63) is 42.0 Å². The number of hydrogen-bond acceptors (Lipinski definition) is 3. The zero-order chi connectivity index (χ0) is 23.0. The van der Waals surface area contributed by atoms with E-state index < -0.39 is 12.0 Å². The molecule has 178 valence electrons. The van der Waals surface area contributed by atoms with E-state index in [4.69, 9.17) is 4.74 Å². The molecule has 2 aromatic rings. The van der Waals surface area contributed by atoms with Crippen LogP contribution in [0.5, 0.6) is 5.75 Å². The van der Waals surface area contributed by atoms with E-state index in [1.165, 1.54) is 51.0 Å². The van der Waals surface area contributed by atoms with Gasteiger partial charge in [-0.3, -0.25) is 0 Å². The lowest BCUT2D eigenvalue weighted by Gasteiger charge is -2.11. The molecule has 0 amide bonds. The number of alkyl halides is 1. The molecule has 0 saturated carbocycles. The van der Waals surface area contributed by atoms with Gasteiger partial charge in [0.25, 0.3) is 0 Å². The summed E-state index contributed by atoms with van der Waals surface area (Å²) in [6.07, 6.45) is 16.8. The third-order valence-corrected chi connectivity index (χ3v) is 5.77. The van der Waals surface area contributed by atoms with Crippen molar-refractivity contribution in [1.29, 1.82) is 0 Å². The summed E-state index contributed by atoms with van der Waals surface area (Å²) in [5.74, 6) is 0.166. The maximum absolute atomic E-state index is 14.4. The summed E-state index contributed by atoms with van der Waals surface area (Å²) in [6.45, 7) is 4.45. The smallest absolute Gasteiger partial charge is 0.165 e. The zero-order valence-corrected chi connectivity index (χ0v) is 19.9. The second-order valence-electron chi connectivity index (χ2n) is 8.66. The maximum Gasteiger partial charge on any atom is 0.165 e. The second-order valence-corrected chi connectivity index (χ2v) is 8.66. The van der Waals surface area contributed by atoms with E-state index in [-0.39, 0.29) is 18.8 Å². The Balaban J connectivity index is 1.74. The highest BCUT2D eigenvalue weighted by molar-refractivity contribution is 5.56. The predicted octanol–water partition coefficient (Wildman–Crippen LogP) is 8.26. The fourth-order valence-corrected chi connectivity index (χ4v) is 3.72. The maximum atomic E-state index is 14.4. The van der Waals surface area contributed by atoms with Gasteiger partial charge in [0.15, 0.2) is 17.4 Å². The highest BCUT2D eigenvalue weighted by atomic mass is 19.1. The van der Waals surface area contributed by atoms with E-state index >= 15 is 0 Å². The van der Waals surface area contributed by atoms with Crippen LogP contribution in [0, 0.1) is 5.82 Å². The van der Waals surface area contributed by atoms with Gasteiger partial charge in [0.1, 0.15) is 6.17 Å². The number of nitrogens with zero attached hydrogens (tertiary/aromatic N) is 2. The molecule has 0 fully saturated rings. The molecule has 0 aliphatic heterocycles. The van der Waals surface area contributed by atoms with Gasteiger partial charge in [-0.05, 0) is 43.0 Å². The number of rotatable bonds is 17. The molecule has 1 aromatic heterocycles. The number of ether oxygens (including phenoxy) is 1. The van der Waals surface area contributed by atoms with Crippen LogP contribution in [0.3, 0.4) is 0 Å². The van der Waals surface area contributed by atoms with Crippen LogP contribution in [0.25, 0.3) is 11.4 Å². The predicted molar refractivity (Wildman–Crippen MR) is 128 cm³/mol. The zero-order valence-electron chi connectivity index (χ0n) is 19.9. The summed E-state index contributed by atoms with van der Waals surface area (Å²) < 4.78 is 33.5. The molecule has 5 heteroatoms. The topological polar surface area (TPSA) is 35.0 Å². The minimum atomic E-state index is -0.894. The summed E-state index contributed by atoms with van der Waals surface area (Å²) in [5, 5.41) is 0. The first-order chi connectivity index (χ1) is 15.6. The van der Waals surface area contributed by atoms with E-state index in [0.717, 1.165) is 31.2 Å². The largest absolute Gasteiger partial charge is 0.490 e. The third kappa shape index (κ3) is 10.1. The van der Waals surface area contributed by atoms with E-state index in [2.05, 4.69) is 16.9 Å². The summed E-state index contributed by atoms with van der Waals surface area (Å²) in [6, 6.07) is 4.70. The fraction of sp³-hybridized carbons (Fsp3) is 0.630. The van der Waals surface area contributed by atoms with Gasteiger partial charge in [-0.15, -0.1) is 0 Å². The molecular weight excluding hydrogens is 406 g/mol. The molecule has 0 N–H and O–H groups in total. The van der Waals surface area contributed by atoms with Crippen molar-refractivity contribution in [2.45, 2.75) is 103 Å². The Morgan fingerprint density at radius 2 is 1.50 bits per heavy atom. The molecule has 0 saturated heterocycles. The Morgan fingerprint density at radius 1 is 0.844 bits per heavy atom. The van der Waals surface area contributed by atoms with Gasteiger partial charge in [0.05, 0.1) is 6.61 Å². The van der Waals surface area contributed by atoms with Crippen LogP contribution in [-0.4, -0.2) is 22.7 Å². The average molecular weight is 447 g/mol. The van der Waals surface area contributed by atoms with Gasteiger partial charge in [-0.25, -0.2) is 18.7 Å².